The molecule has 1 amide bonds. The highest BCUT2D eigenvalue weighted by atomic mass is 16.2. The zero-order chi connectivity index (χ0) is 14.4. The topological polar surface area (TPSA) is 46.3 Å². The first-order valence-corrected chi connectivity index (χ1v) is 7.84. The molecule has 110 valence electrons. The van der Waals surface area contributed by atoms with E-state index in [1.54, 1.807) is 0 Å². The number of carbonyl (C=O) groups is 1. The highest BCUT2D eigenvalue weighted by Crippen LogP contribution is 2.20. The molecular weight excluding hydrogens is 248 g/mol. The zero-order valence-corrected chi connectivity index (χ0v) is 12.5. The Hall–Kier alpha value is -1.51. The molecule has 1 saturated heterocycles. The average Bonchev–Trinajstić information content (AvgIpc) is 2.71. The lowest BCUT2D eigenvalue weighted by Crippen LogP contribution is -2.39. The fourth-order valence-electron chi connectivity index (χ4n) is 3.01. The van der Waals surface area contributed by atoms with Gasteiger partial charge in [0, 0.05) is 24.7 Å². The molecule has 3 nitrogen and oxygen atoms in total. The van der Waals surface area contributed by atoms with Crippen molar-refractivity contribution in [2.75, 3.05) is 12.3 Å². The molecule has 0 aromatic heterocycles. The minimum absolute atomic E-state index is 0.315. The molecule has 1 aromatic rings. The number of nitrogens with zero attached hydrogens (tertiary/aromatic N) is 1. The fourth-order valence-corrected chi connectivity index (χ4v) is 3.01. The van der Waals surface area contributed by atoms with Gasteiger partial charge in [0.1, 0.15) is 0 Å². The molecule has 2 rings (SSSR count). The number of nitrogens with two attached hydrogens (primary N) is 1. The smallest absolute Gasteiger partial charge is 0.223 e. The van der Waals surface area contributed by atoms with Crippen LogP contribution in [0.1, 0.15) is 51.0 Å². The maximum absolute atomic E-state index is 12.5. The van der Waals surface area contributed by atoms with Crippen molar-refractivity contribution in [2.24, 2.45) is 0 Å². The Balaban J connectivity index is 1.90. The van der Waals surface area contributed by atoms with Crippen LogP contribution < -0.4 is 5.73 Å². The van der Waals surface area contributed by atoms with E-state index in [0.29, 0.717) is 18.4 Å². The summed E-state index contributed by atoms with van der Waals surface area (Å²) < 4.78 is 0. The molecule has 0 bridgehead atoms. The Labute approximate surface area is 122 Å². The van der Waals surface area contributed by atoms with Crippen LogP contribution in [0.3, 0.4) is 0 Å². The van der Waals surface area contributed by atoms with Crippen LogP contribution in [-0.4, -0.2) is 23.4 Å². The SMILES string of the molecule is CCC1CCCCCN1C(=O)CCc1ccc(N)cc1. The summed E-state index contributed by atoms with van der Waals surface area (Å²) in [5.74, 6) is 0.315. The Morgan fingerprint density at radius 3 is 2.70 bits per heavy atom. The second-order valence-corrected chi connectivity index (χ2v) is 5.74. The lowest BCUT2D eigenvalue weighted by Gasteiger charge is -2.29. The van der Waals surface area contributed by atoms with Gasteiger partial charge in [0.05, 0.1) is 0 Å². The third-order valence-corrected chi connectivity index (χ3v) is 4.28. The van der Waals surface area contributed by atoms with Crippen LogP contribution in [0.25, 0.3) is 0 Å². The molecule has 1 fully saturated rings. The number of aryl methyl sites for hydroxylation is 1. The number of hydrogen-bond donors (Lipinski definition) is 1. The number of carbonyl (C=O) groups excluding carboxylic acids is 1. The highest BCUT2D eigenvalue weighted by Gasteiger charge is 2.23. The molecule has 1 aromatic carbocycles. The third-order valence-electron chi connectivity index (χ3n) is 4.28. The Morgan fingerprint density at radius 2 is 2.00 bits per heavy atom. The molecule has 0 radical (unpaired) electrons. The van der Waals surface area contributed by atoms with Crippen LogP contribution in [-0.2, 0) is 11.2 Å². The standard InChI is InChI=1S/C17H26N2O/c1-2-16-6-4-3-5-13-19(16)17(20)12-9-14-7-10-15(18)11-8-14/h7-8,10-11,16H,2-6,9,12-13,18H2,1H3. The van der Waals surface area contributed by atoms with Gasteiger partial charge in [0.15, 0.2) is 0 Å². The van der Waals surface area contributed by atoms with E-state index in [9.17, 15) is 4.79 Å². The molecule has 20 heavy (non-hydrogen) atoms. The molecule has 1 unspecified atom stereocenters. The molecule has 3 heteroatoms. The predicted molar refractivity (Wildman–Crippen MR) is 83.4 cm³/mol. The monoisotopic (exact) mass is 274 g/mol. The van der Waals surface area contributed by atoms with E-state index >= 15 is 0 Å². The van der Waals surface area contributed by atoms with Gasteiger partial charge < -0.3 is 10.6 Å². The Kier molecular flexibility index (Phi) is 5.45. The Bertz CT molecular complexity index is 427. The van der Waals surface area contributed by atoms with Gasteiger partial charge in [0.2, 0.25) is 5.91 Å². The number of amides is 1. The summed E-state index contributed by atoms with van der Waals surface area (Å²) in [6.07, 6.45) is 7.35. The number of likely N-dealkylation sites (tertiary alicyclic amines) is 1. The fraction of sp³-hybridized carbons (Fsp3) is 0.588. The first kappa shape index (κ1) is 14.9. The van der Waals surface area contributed by atoms with Gasteiger partial charge in [-0.15, -0.1) is 0 Å². The second-order valence-electron chi connectivity index (χ2n) is 5.74. The van der Waals surface area contributed by atoms with Crippen LogP contribution >= 0.6 is 0 Å². The zero-order valence-electron chi connectivity index (χ0n) is 12.5. The molecule has 1 atom stereocenters. The summed E-state index contributed by atoms with van der Waals surface area (Å²) in [5.41, 5.74) is 7.64. The number of anilines is 1. The molecule has 1 heterocycles. The minimum atomic E-state index is 0.315. The van der Waals surface area contributed by atoms with Crippen LogP contribution in [0.2, 0.25) is 0 Å². The normalized spacial score (nSPS) is 19.6. The summed E-state index contributed by atoms with van der Waals surface area (Å²) in [6, 6.07) is 8.29. The number of hydrogen-bond acceptors (Lipinski definition) is 2. The lowest BCUT2D eigenvalue weighted by molar-refractivity contribution is -0.133. The number of nitrogen functional groups attached to an aromatic ring is 1. The van der Waals surface area contributed by atoms with E-state index < -0.39 is 0 Å². The minimum Gasteiger partial charge on any atom is -0.399 e. The molecule has 0 aliphatic carbocycles. The molecule has 1 aliphatic rings. The summed E-state index contributed by atoms with van der Waals surface area (Å²) >= 11 is 0. The van der Waals surface area contributed by atoms with Gasteiger partial charge in [0.25, 0.3) is 0 Å². The molecule has 2 N–H and O–H groups in total. The lowest BCUT2D eigenvalue weighted by atomic mass is 10.1. The first-order valence-electron chi connectivity index (χ1n) is 7.84. The first-order chi connectivity index (χ1) is 9.70. The van der Waals surface area contributed by atoms with E-state index in [2.05, 4.69) is 11.8 Å². The quantitative estimate of drug-likeness (QED) is 0.856. The molecule has 0 spiro atoms. The molecule has 0 saturated carbocycles. The van der Waals surface area contributed by atoms with Crippen LogP contribution in [0.15, 0.2) is 24.3 Å². The number of rotatable bonds is 4. The summed E-state index contributed by atoms with van der Waals surface area (Å²) in [5, 5.41) is 0. The van der Waals surface area contributed by atoms with E-state index in [1.165, 1.54) is 24.8 Å². The van der Waals surface area contributed by atoms with Crippen molar-refractivity contribution in [3.63, 3.8) is 0 Å². The third kappa shape index (κ3) is 3.99. The van der Waals surface area contributed by atoms with Gasteiger partial charge in [-0.25, -0.2) is 0 Å². The summed E-state index contributed by atoms with van der Waals surface area (Å²) in [4.78, 5) is 14.6. The number of benzene rings is 1. The van der Waals surface area contributed by atoms with Crippen molar-refractivity contribution in [3.05, 3.63) is 29.8 Å². The summed E-state index contributed by atoms with van der Waals surface area (Å²) in [6.45, 7) is 3.13. The van der Waals surface area contributed by atoms with Gasteiger partial charge in [-0.2, -0.15) is 0 Å². The maximum atomic E-state index is 12.5. The van der Waals surface area contributed by atoms with Crippen molar-refractivity contribution in [1.29, 1.82) is 0 Å². The van der Waals surface area contributed by atoms with Crippen molar-refractivity contribution in [1.82, 2.24) is 4.90 Å². The second kappa shape index (κ2) is 7.32. The van der Waals surface area contributed by atoms with Gasteiger partial charge in [-0.1, -0.05) is 31.9 Å². The highest BCUT2D eigenvalue weighted by molar-refractivity contribution is 5.76. The van der Waals surface area contributed by atoms with Gasteiger partial charge in [-0.3, -0.25) is 4.79 Å². The van der Waals surface area contributed by atoms with Crippen LogP contribution in [0.5, 0.6) is 0 Å². The average molecular weight is 274 g/mol. The predicted octanol–water partition coefficient (Wildman–Crippen LogP) is 3.38. The van der Waals surface area contributed by atoms with Crippen molar-refractivity contribution < 1.29 is 4.79 Å². The molecular formula is C17H26N2O. The van der Waals surface area contributed by atoms with Crippen molar-refractivity contribution in [2.45, 2.75) is 57.9 Å². The molecule has 1 aliphatic heterocycles. The summed E-state index contributed by atoms with van der Waals surface area (Å²) in [7, 11) is 0. The van der Waals surface area contributed by atoms with E-state index in [4.69, 9.17) is 5.73 Å². The van der Waals surface area contributed by atoms with Crippen molar-refractivity contribution in [3.8, 4) is 0 Å². The van der Waals surface area contributed by atoms with Gasteiger partial charge >= 0.3 is 0 Å². The maximum Gasteiger partial charge on any atom is 0.223 e. The van der Waals surface area contributed by atoms with E-state index in [0.717, 1.165) is 31.5 Å². The van der Waals surface area contributed by atoms with E-state index in [-0.39, 0.29) is 0 Å². The van der Waals surface area contributed by atoms with Crippen molar-refractivity contribution >= 4 is 11.6 Å². The largest absolute Gasteiger partial charge is 0.399 e. The van der Waals surface area contributed by atoms with Gasteiger partial charge in [-0.05, 0) is 43.4 Å². The Morgan fingerprint density at radius 1 is 1.25 bits per heavy atom. The van der Waals surface area contributed by atoms with E-state index in [1.807, 2.05) is 24.3 Å². The van der Waals surface area contributed by atoms with Crippen LogP contribution in [0, 0.1) is 0 Å². The van der Waals surface area contributed by atoms with Crippen LogP contribution in [0.4, 0.5) is 5.69 Å².